The van der Waals surface area contributed by atoms with Crippen molar-refractivity contribution in [3.8, 4) is 17.0 Å². The number of hydrogen-bond donors (Lipinski definition) is 1. The number of ether oxygens (including phenoxy) is 1. The maximum absolute atomic E-state index is 6.46. The van der Waals surface area contributed by atoms with Gasteiger partial charge in [-0.2, -0.15) is 5.10 Å². The lowest BCUT2D eigenvalue weighted by molar-refractivity contribution is 0.393. The van der Waals surface area contributed by atoms with E-state index in [0.29, 0.717) is 28.3 Å². The average molecular weight is 371 g/mol. The number of fused-ring (bicyclic) bond motifs is 1. The van der Waals surface area contributed by atoms with Crippen molar-refractivity contribution in [1.82, 2.24) is 20.2 Å². The molecule has 4 rings (SSSR count). The van der Waals surface area contributed by atoms with Crippen molar-refractivity contribution in [3.05, 3.63) is 35.2 Å². The standard InChI is InChI=1S/C20H23ClN4O/c1-4-11(2)17(12-5-6-12)20-23-16-10-22-25-18(19(16)24-20)14-8-7-13(26-3)9-15(14)21/h7-12,17H,4-6H2,1-3H3,(H,23,24). The highest BCUT2D eigenvalue weighted by molar-refractivity contribution is 6.33. The molecular formula is C20H23ClN4O. The number of imidazole rings is 1. The van der Waals surface area contributed by atoms with Gasteiger partial charge in [0.15, 0.2) is 0 Å². The highest BCUT2D eigenvalue weighted by Crippen LogP contribution is 2.47. The molecule has 136 valence electrons. The molecule has 1 saturated carbocycles. The number of aromatic nitrogens is 4. The van der Waals surface area contributed by atoms with Crippen molar-refractivity contribution >= 4 is 22.6 Å². The number of nitrogens with one attached hydrogen (secondary N) is 1. The number of methoxy groups -OCH3 is 1. The zero-order chi connectivity index (χ0) is 18.3. The van der Waals surface area contributed by atoms with Crippen LogP contribution in [0.2, 0.25) is 5.02 Å². The van der Waals surface area contributed by atoms with Gasteiger partial charge in [-0.05, 0) is 42.9 Å². The number of rotatable bonds is 6. The van der Waals surface area contributed by atoms with E-state index in [-0.39, 0.29) is 0 Å². The normalized spacial score (nSPS) is 16.6. The zero-order valence-electron chi connectivity index (χ0n) is 15.3. The molecule has 0 spiro atoms. The average Bonchev–Trinajstić information content (AvgIpc) is 3.38. The Hall–Kier alpha value is -2.14. The Balaban J connectivity index is 1.81. The number of halogens is 1. The molecule has 0 radical (unpaired) electrons. The molecule has 2 heterocycles. The smallest absolute Gasteiger partial charge is 0.122 e. The van der Waals surface area contributed by atoms with Crippen LogP contribution in [-0.2, 0) is 0 Å². The van der Waals surface area contributed by atoms with Crippen LogP contribution in [0.15, 0.2) is 24.4 Å². The van der Waals surface area contributed by atoms with Crippen molar-refractivity contribution in [2.75, 3.05) is 7.11 Å². The van der Waals surface area contributed by atoms with Gasteiger partial charge < -0.3 is 9.72 Å². The monoisotopic (exact) mass is 370 g/mol. The van der Waals surface area contributed by atoms with Gasteiger partial charge in [-0.25, -0.2) is 4.98 Å². The van der Waals surface area contributed by atoms with Gasteiger partial charge >= 0.3 is 0 Å². The molecular weight excluding hydrogens is 348 g/mol. The third-order valence-corrected chi connectivity index (χ3v) is 5.77. The van der Waals surface area contributed by atoms with Crippen LogP contribution in [0.25, 0.3) is 22.3 Å². The molecule has 1 aliphatic carbocycles. The topological polar surface area (TPSA) is 63.7 Å². The van der Waals surface area contributed by atoms with Crippen LogP contribution < -0.4 is 4.74 Å². The molecule has 1 aliphatic rings. The molecule has 0 saturated heterocycles. The lowest BCUT2D eigenvalue weighted by Gasteiger charge is -2.20. The number of hydrogen-bond acceptors (Lipinski definition) is 4. The first-order valence-corrected chi connectivity index (χ1v) is 9.55. The minimum atomic E-state index is 0.464. The van der Waals surface area contributed by atoms with Gasteiger partial charge in [-0.3, -0.25) is 0 Å². The molecule has 2 unspecified atom stereocenters. The second-order valence-electron chi connectivity index (χ2n) is 7.17. The summed E-state index contributed by atoms with van der Waals surface area (Å²) in [5.74, 6) is 3.56. The summed E-state index contributed by atoms with van der Waals surface area (Å²) < 4.78 is 5.24. The van der Waals surface area contributed by atoms with Crippen LogP contribution >= 0.6 is 11.6 Å². The van der Waals surface area contributed by atoms with E-state index in [9.17, 15) is 0 Å². The fourth-order valence-corrected chi connectivity index (χ4v) is 3.95. The molecule has 1 aromatic carbocycles. The molecule has 2 atom stereocenters. The third-order valence-electron chi connectivity index (χ3n) is 5.45. The van der Waals surface area contributed by atoms with E-state index in [1.54, 1.807) is 19.4 Å². The SMILES string of the molecule is CCC(C)C(c1nc2c(-c3ccc(OC)cc3Cl)nncc2[nH]1)C1CC1. The Kier molecular flexibility index (Phi) is 4.57. The number of aromatic amines is 1. The molecule has 0 aliphatic heterocycles. The van der Waals surface area contributed by atoms with Crippen LogP contribution in [-0.4, -0.2) is 27.3 Å². The van der Waals surface area contributed by atoms with Crippen LogP contribution in [0.5, 0.6) is 5.75 Å². The second kappa shape index (κ2) is 6.88. The van der Waals surface area contributed by atoms with Crippen molar-refractivity contribution in [1.29, 1.82) is 0 Å². The van der Waals surface area contributed by atoms with Gasteiger partial charge in [-0.1, -0.05) is 31.9 Å². The van der Waals surface area contributed by atoms with E-state index in [2.05, 4.69) is 29.0 Å². The highest BCUT2D eigenvalue weighted by atomic mass is 35.5. The Labute approximate surface area is 158 Å². The molecule has 5 nitrogen and oxygen atoms in total. The highest BCUT2D eigenvalue weighted by Gasteiger charge is 2.37. The minimum Gasteiger partial charge on any atom is -0.497 e. The molecule has 1 N–H and O–H groups in total. The Morgan fingerprint density at radius 3 is 2.81 bits per heavy atom. The maximum atomic E-state index is 6.46. The predicted molar refractivity (Wildman–Crippen MR) is 104 cm³/mol. The first kappa shape index (κ1) is 17.3. The number of benzene rings is 1. The molecule has 0 amide bonds. The molecule has 1 fully saturated rings. The van der Waals surface area contributed by atoms with Crippen LogP contribution in [0, 0.1) is 11.8 Å². The van der Waals surface area contributed by atoms with E-state index in [1.165, 1.54) is 12.8 Å². The van der Waals surface area contributed by atoms with Gasteiger partial charge in [0.2, 0.25) is 0 Å². The van der Waals surface area contributed by atoms with E-state index in [1.807, 2.05) is 12.1 Å². The lowest BCUT2D eigenvalue weighted by Crippen LogP contribution is -2.13. The maximum Gasteiger partial charge on any atom is 0.122 e. The first-order valence-electron chi connectivity index (χ1n) is 9.17. The summed E-state index contributed by atoms with van der Waals surface area (Å²) in [5, 5.41) is 9.07. The molecule has 26 heavy (non-hydrogen) atoms. The Morgan fingerprint density at radius 2 is 2.15 bits per heavy atom. The summed E-state index contributed by atoms with van der Waals surface area (Å²) in [6, 6.07) is 5.57. The summed E-state index contributed by atoms with van der Waals surface area (Å²) in [4.78, 5) is 8.46. The van der Waals surface area contributed by atoms with Crippen molar-refractivity contribution in [2.24, 2.45) is 11.8 Å². The lowest BCUT2D eigenvalue weighted by atomic mass is 9.87. The summed E-state index contributed by atoms with van der Waals surface area (Å²) in [6.45, 7) is 4.56. The Morgan fingerprint density at radius 1 is 1.35 bits per heavy atom. The zero-order valence-corrected chi connectivity index (χ0v) is 16.0. The largest absolute Gasteiger partial charge is 0.497 e. The van der Waals surface area contributed by atoms with E-state index in [4.69, 9.17) is 21.3 Å². The molecule has 0 bridgehead atoms. The third kappa shape index (κ3) is 3.05. The van der Waals surface area contributed by atoms with Crippen LogP contribution in [0.4, 0.5) is 0 Å². The number of nitrogens with zero attached hydrogens (tertiary/aromatic N) is 3. The molecule has 6 heteroatoms. The van der Waals surface area contributed by atoms with E-state index < -0.39 is 0 Å². The quantitative estimate of drug-likeness (QED) is 0.645. The van der Waals surface area contributed by atoms with Gasteiger partial charge in [0.25, 0.3) is 0 Å². The molecule has 3 aromatic rings. The van der Waals surface area contributed by atoms with Crippen LogP contribution in [0.3, 0.4) is 0 Å². The van der Waals surface area contributed by atoms with Crippen molar-refractivity contribution in [3.63, 3.8) is 0 Å². The van der Waals surface area contributed by atoms with Gasteiger partial charge in [-0.15, -0.1) is 5.10 Å². The Bertz CT molecular complexity index is 935. The van der Waals surface area contributed by atoms with Gasteiger partial charge in [0, 0.05) is 11.5 Å². The van der Waals surface area contributed by atoms with E-state index >= 15 is 0 Å². The van der Waals surface area contributed by atoms with E-state index in [0.717, 1.165) is 34.8 Å². The van der Waals surface area contributed by atoms with Crippen molar-refractivity contribution < 1.29 is 4.74 Å². The van der Waals surface area contributed by atoms with Crippen molar-refractivity contribution in [2.45, 2.75) is 39.0 Å². The summed E-state index contributed by atoms with van der Waals surface area (Å²) in [6.07, 6.45) is 5.47. The summed E-state index contributed by atoms with van der Waals surface area (Å²) in [5.41, 5.74) is 3.26. The second-order valence-corrected chi connectivity index (χ2v) is 7.58. The molecule has 2 aromatic heterocycles. The summed E-state index contributed by atoms with van der Waals surface area (Å²) in [7, 11) is 1.62. The minimum absolute atomic E-state index is 0.464. The van der Waals surface area contributed by atoms with Gasteiger partial charge in [0.05, 0.1) is 23.8 Å². The predicted octanol–water partition coefficient (Wildman–Crippen LogP) is 5.22. The van der Waals surface area contributed by atoms with Gasteiger partial charge in [0.1, 0.15) is 22.8 Å². The first-order chi connectivity index (χ1) is 12.6. The fraction of sp³-hybridized carbons (Fsp3) is 0.450. The fourth-order valence-electron chi connectivity index (χ4n) is 3.69. The summed E-state index contributed by atoms with van der Waals surface area (Å²) >= 11 is 6.46. The van der Waals surface area contributed by atoms with Crippen LogP contribution in [0.1, 0.15) is 44.9 Å². The number of H-pyrrole nitrogens is 1.